The Morgan fingerprint density at radius 2 is 1.59 bits per heavy atom. The van der Waals surface area contributed by atoms with Crippen LogP contribution in [-0.2, 0) is 15.6 Å². The van der Waals surface area contributed by atoms with Gasteiger partial charge in [0.15, 0.2) is 16.1 Å². The third kappa shape index (κ3) is 3.61. The third-order valence-corrected chi connectivity index (χ3v) is 6.77. The molecule has 0 N–H and O–H groups in total. The van der Waals surface area contributed by atoms with Crippen LogP contribution in [0.3, 0.4) is 0 Å². The Labute approximate surface area is 170 Å². The van der Waals surface area contributed by atoms with E-state index in [1.165, 1.54) is 0 Å². The highest BCUT2D eigenvalue weighted by atomic mass is 32.2. The SMILES string of the molecule is Cc1ccc(S(=O)(=O)Cc2ccccc2)c(-c2cc3ccc(C)cn3c2C=O)c1. The van der Waals surface area contributed by atoms with Crippen LogP contribution >= 0.6 is 0 Å². The number of carbonyl (C=O) groups excluding carboxylic acids is 1. The van der Waals surface area contributed by atoms with Gasteiger partial charge in [-0.1, -0.05) is 54.1 Å². The third-order valence-electron chi connectivity index (χ3n) is 5.03. The molecule has 146 valence electrons. The van der Waals surface area contributed by atoms with E-state index in [4.69, 9.17) is 0 Å². The molecule has 0 spiro atoms. The van der Waals surface area contributed by atoms with Crippen molar-refractivity contribution < 1.29 is 13.2 Å². The highest BCUT2D eigenvalue weighted by Crippen LogP contribution is 2.34. The van der Waals surface area contributed by atoms with E-state index in [1.54, 1.807) is 24.3 Å². The number of nitrogens with zero attached hydrogens (tertiary/aromatic N) is 1. The molecule has 2 heterocycles. The summed E-state index contributed by atoms with van der Waals surface area (Å²) in [6.07, 6.45) is 2.67. The van der Waals surface area contributed by atoms with Crippen molar-refractivity contribution in [3.63, 3.8) is 0 Å². The molecule has 29 heavy (non-hydrogen) atoms. The molecule has 0 aliphatic carbocycles. The molecule has 0 atom stereocenters. The fourth-order valence-electron chi connectivity index (χ4n) is 3.63. The van der Waals surface area contributed by atoms with Crippen LogP contribution in [0.1, 0.15) is 27.2 Å². The molecule has 0 aliphatic rings. The first kappa shape index (κ1) is 19.2. The fourth-order valence-corrected chi connectivity index (χ4v) is 5.20. The van der Waals surface area contributed by atoms with Crippen molar-refractivity contribution in [3.8, 4) is 11.1 Å². The summed E-state index contributed by atoms with van der Waals surface area (Å²) in [5, 5.41) is 0. The van der Waals surface area contributed by atoms with Gasteiger partial charge in [-0.05, 0) is 43.2 Å². The zero-order valence-electron chi connectivity index (χ0n) is 16.3. The van der Waals surface area contributed by atoms with Gasteiger partial charge in [-0.15, -0.1) is 0 Å². The number of sulfone groups is 1. The van der Waals surface area contributed by atoms with Crippen LogP contribution in [0.5, 0.6) is 0 Å². The van der Waals surface area contributed by atoms with Crippen LogP contribution in [0, 0.1) is 13.8 Å². The Kier molecular flexibility index (Phi) is 4.84. The molecule has 5 heteroatoms. The number of rotatable bonds is 5. The molecule has 0 bridgehead atoms. The molecule has 0 fully saturated rings. The second-order valence-electron chi connectivity index (χ2n) is 7.31. The highest BCUT2D eigenvalue weighted by molar-refractivity contribution is 7.90. The van der Waals surface area contributed by atoms with Crippen molar-refractivity contribution >= 4 is 21.6 Å². The molecule has 0 aliphatic heterocycles. The van der Waals surface area contributed by atoms with Crippen LogP contribution < -0.4 is 0 Å². The molecule has 0 amide bonds. The molecular weight excluding hydrogens is 382 g/mol. The molecule has 4 nitrogen and oxygen atoms in total. The number of aldehydes is 1. The minimum Gasteiger partial charge on any atom is -0.313 e. The molecule has 4 aromatic rings. The average molecular weight is 404 g/mol. The first-order valence-corrected chi connectivity index (χ1v) is 11.0. The maximum Gasteiger partial charge on any atom is 0.183 e. The molecule has 0 radical (unpaired) electrons. The number of aromatic nitrogens is 1. The number of hydrogen-bond acceptors (Lipinski definition) is 3. The van der Waals surface area contributed by atoms with Crippen molar-refractivity contribution in [2.75, 3.05) is 0 Å². The van der Waals surface area contributed by atoms with Gasteiger partial charge in [0, 0.05) is 22.8 Å². The number of benzene rings is 2. The molecule has 0 saturated heterocycles. The van der Waals surface area contributed by atoms with Gasteiger partial charge >= 0.3 is 0 Å². The summed E-state index contributed by atoms with van der Waals surface area (Å²) in [5.41, 5.74) is 5.16. The van der Waals surface area contributed by atoms with Crippen LogP contribution in [-0.4, -0.2) is 19.1 Å². The predicted molar refractivity (Wildman–Crippen MR) is 115 cm³/mol. The summed E-state index contributed by atoms with van der Waals surface area (Å²) >= 11 is 0. The van der Waals surface area contributed by atoms with E-state index in [2.05, 4.69) is 0 Å². The van der Waals surface area contributed by atoms with Crippen molar-refractivity contribution in [2.24, 2.45) is 0 Å². The summed E-state index contributed by atoms with van der Waals surface area (Å²) in [6, 6.07) is 20.2. The summed E-state index contributed by atoms with van der Waals surface area (Å²) in [7, 11) is -3.60. The van der Waals surface area contributed by atoms with Gasteiger partial charge in [0.25, 0.3) is 0 Å². The van der Waals surface area contributed by atoms with Crippen molar-refractivity contribution in [3.05, 3.63) is 95.3 Å². The van der Waals surface area contributed by atoms with Crippen LogP contribution in [0.4, 0.5) is 0 Å². The lowest BCUT2D eigenvalue weighted by Gasteiger charge is -2.12. The first-order chi connectivity index (χ1) is 13.9. The largest absolute Gasteiger partial charge is 0.313 e. The van der Waals surface area contributed by atoms with Gasteiger partial charge in [0.1, 0.15) is 0 Å². The Bertz CT molecular complexity index is 1320. The van der Waals surface area contributed by atoms with Gasteiger partial charge in [-0.25, -0.2) is 8.42 Å². The van der Waals surface area contributed by atoms with E-state index in [0.717, 1.165) is 28.5 Å². The van der Waals surface area contributed by atoms with Crippen LogP contribution in [0.15, 0.2) is 77.8 Å². The standard InChI is InChI=1S/C24H21NO3S/c1-17-9-11-24(29(27,28)16-19-6-4-3-5-7-19)22(12-17)21-13-20-10-8-18(2)14-25(20)23(21)15-26/h3-15H,16H2,1-2H3. The minimum absolute atomic E-state index is 0.0905. The van der Waals surface area contributed by atoms with Crippen molar-refractivity contribution in [1.29, 1.82) is 0 Å². The molecule has 4 rings (SSSR count). The van der Waals surface area contributed by atoms with Gasteiger partial charge in [0.2, 0.25) is 0 Å². The Balaban J connectivity index is 1.93. The lowest BCUT2D eigenvalue weighted by molar-refractivity contribution is 0.111. The molecule has 0 saturated carbocycles. The number of pyridine rings is 1. The molecule has 0 unspecified atom stereocenters. The zero-order chi connectivity index (χ0) is 20.6. The van der Waals surface area contributed by atoms with E-state index < -0.39 is 9.84 Å². The second kappa shape index (κ2) is 7.33. The topological polar surface area (TPSA) is 55.6 Å². The van der Waals surface area contributed by atoms with Gasteiger partial charge in [0.05, 0.1) is 16.3 Å². The first-order valence-electron chi connectivity index (χ1n) is 9.33. The number of fused-ring (bicyclic) bond motifs is 1. The van der Waals surface area contributed by atoms with Crippen LogP contribution in [0.2, 0.25) is 0 Å². The van der Waals surface area contributed by atoms with E-state index in [1.807, 2.05) is 66.9 Å². The molecule has 2 aromatic carbocycles. The van der Waals surface area contributed by atoms with Crippen LogP contribution in [0.25, 0.3) is 16.6 Å². The monoisotopic (exact) mass is 403 g/mol. The number of carbonyl (C=O) groups is 1. The minimum atomic E-state index is -3.60. The number of hydrogen-bond donors (Lipinski definition) is 0. The quantitative estimate of drug-likeness (QED) is 0.440. The fraction of sp³-hybridized carbons (Fsp3) is 0.125. The lowest BCUT2D eigenvalue weighted by Crippen LogP contribution is -2.07. The van der Waals surface area contributed by atoms with E-state index >= 15 is 0 Å². The summed E-state index contributed by atoms with van der Waals surface area (Å²) in [6.45, 7) is 3.87. The Morgan fingerprint density at radius 3 is 2.31 bits per heavy atom. The van der Waals surface area contributed by atoms with Gasteiger partial charge < -0.3 is 4.40 Å². The molecule has 2 aromatic heterocycles. The summed E-state index contributed by atoms with van der Waals surface area (Å²) in [5.74, 6) is -0.0905. The summed E-state index contributed by atoms with van der Waals surface area (Å²) in [4.78, 5) is 12.2. The Hall–Kier alpha value is -3.18. The second-order valence-corrected chi connectivity index (χ2v) is 9.26. The maximum absolute atomic E-state index is 13.3. The average Bonchev–Trinajstić information content (AvgIpc) is 3.05. The Morgan fingerprint density at radius 1 is 0.862 bits per heavy atom. The maximum atomic E-state index is 13.3. The van der Waals surface area contributed by atoms with Crippen molar-refractivity contribution in [2.45, 2.75) is 24.5 Å². The highest BCUT2D eigenvalue weighted by Gasteiger charge is 2.23. The molecular formula is C24H21NO3S. The normalized spacial score (nSPS) is 11.7. The van der Waals surface area contributed by atoms with Gasteiger partial charge in [-0.2, -0.15) is 0 Å². The van der Waals surface area contributed by atoms with Crippen molar-refractivity contribution in [1.82, 2.24) is 4.40 Å². The van der Waals surface area contributed by atoms with E-state index in [-0.39, 0.29) is 10.6 Å². The van der Waals surface area contributed by atoms with E-state index in [9.17, 15) is 13.2 Å². The zero-order valence-corrected chi connectivity index (χ0v) is 17.1. The predicted octanol–water partition coefficient (Wildman–Crippen LogP) is 5.01. The lowest BCUT2D eigenvalue weighted by atomic mass is 10.0. The van der Waals surface area contributed by atoms with Gasteiger partial charge in [-0.3, -0.25) is 4.79 Å². The smallest absolute Gasteiger partial charge is 0.183 e. The van der Waals surface area contributed by atoms with E-state index in [0.29, 0.717) is 16.8 Å². The number of aryl methyl sites for hydroxylation is 2. The summed E-state index contributed by atoms with van der Waals surface area (Å²) < 4.78 is 28.4.